The van der Waals surface area contributed by atoms with Crippen LogP contribution in [-0.4, -0.2) is 43.3 Å². The third-order valence-electron chi connectivity index (χ3n) is 5.14. The van der Waals surface area contributed by atoms with E-state index in [-0.39, 0.29) is 0 Å². The van der Waals surface area contributed by atoms with Gasteiger partial charge in [-0.1, -0.05) is 35.3 Å². The van der Waals surface area contributed by atoms with E-state index in [1.54, 1.807) is 26.5 Å². The number of rotatable bonds is 5. The Bertz CT molecular complexity index is 1010. The number of nitrogens with zero attached hydrogens (tertiary/aromatic N) is 2. The smallest absolute Gasteiger partial charge is 0.223 e. The molecule has 4 rings (SSSR count). The Kier molecular flexibility index (Phi) is 5.94. The maximum atomic E-state index is 6.61. The quantitative estimate of drug-likeness (QED) is 0.604. The van der Waals surface area contributed by atoms with Crippen molar-refractivity contribution in [3.63, 3.8) is 0 Å². The molecule has 0 unspecified atom stereocenters. The van der Waals surface area contributed by atoms with Crippen LogP contribution in [-0.2, 0) is 0 Å². The lowest BCUT2D eigenvalue weighted by Gasteiger charge is -2.23. The fourth-order valence-electron chi connectivity index (χ4n) is 3.61. The number of hydrogen-bond acceptors (Lipinski definition) is 6. The first-order valence-corrected chi connectivity index (χ1v) is 10.2. The van der Waals surface area contributed by atoms with Gasteiger partial charge in [-0.2, -0.15) is 0 Å². The fourth-order valence-corrected chi connectivity index (χ4v) is 4.32. The summed E-state index contributed by atoms with van der Waals surface area (Å²) in [4.78, 5) is 9.25. The number of halogens is 2. The van der Waals surface area contributed by atoms with Gasteiger partial charge in [-0.05, 0) is 37.6 Å². The summed E-state index contributed by atoms with van der Waals surface area (Å²) in [6.45, 7) is 2.01. The van der Waals surface area contributed by atoms with Crippen LogP contribution in [0.3, 0.4) is 0 Å². The van der Waals surface area contributed by atoms with Crippen LogP contribution in [0.4, 0.5) is 5.95 Å². The Labute approximate surface area is 179 Å². The number of ether oxygens (including phenoxy) is 2. The molecule has 0 atom stereocenters. The van der Waals surface area contributed by atoms with Gasteiger partial charge in [0.2, 0.25) is 5.95 Å². The van der Waals surface area contributed by atoms with Crippen molar-refractivity contribution in [1.29, 1.82) is 0 Å². The minimum absolute atomic E-state index is 0.378. The minimum atomic E-state index is 0.378. The lowest BCUT2D eigenvalue weighted by atomic mass is 10.0. The molecule has 1 aliphatic rings. The van der Waals surface area contributed by atoms with Crippen molar-refractivity contribution < 1.29 is 9.47 Å². The Morgan fingerprint density at radius 1 is 1.07 bits per heavy atom. The normalized spacial score (nSPS) is 14.8. The number of fused-ring (bicyclic) bond motifs is 1. The molecule has 0 aliphatic carbocycles. The molecule has 8 heteroatoms. The van der Waals surface area contributed by atoms with Crippen molar-refractivity contribution >= 4 is 40.1 Å². The molecule has 6 nitrogen and oxygen atoms in total. The van der Waals surface area contributed by atoms with E-state index in [1.165, 1.54) is 0 Å². The zero-order chi connectivity index (χ0) is 20.4. The summed E-state index contributed by atoms with van der Waals surface area (Å²) in [6, 6.07) is 7.88. The van der Waals surface area contributed by atoms with Crippen LogP contribution in [0, 0.1) is 0 Å². The predicted octanol–water partition coefficient (Wildman–Crippen LogP) is 4.78. The summed E-state index contributed by atoms with van der Waals surface area (Å²) < 4.78 is 10.8. The average Bonchev–Trinajstić information content (AvgIpc) is 2.75. The van der Waals surface area contributed by atoms with Crippen molar-refractivity contribution in [3.05, 3.63) is 40.5 Å². The van der Waals surface area contributed by atoms with E-state index < -0.39 is 0 Å². The molecule has 0 saturated carbocycles. The highest BCUT2D eigenvalue weighted by molar-refractivity contribution is 6.41. The number of nitrogens with one attached hydrogen (secondary N) is 2. The summed E-state index contributed by atoms with van der Waals surface area (Å²) in [5, 5.41) is 8.48. The number of anilines is 1. The van der Waals surface area contributed by atoms with E-state index in [1.807, 2.05) is 18.2 Å². The minimum Gasteiger partial charge on any atom is -0.495 e. The summed E-state index contributed by atoms with van der Waals surface area (Å²) in [6.07, 6.45) is 3.91. The van der Waals surface area contributed by atoms with Crippen molar-refractivity contribution in [2.75, 3.05) is 32.6 Å². The van der Waals surface area contributed by atoms with Crippen LogP contribution in [0.25, 0.3) is 22.0 Å². The van der Waals surface area contributed by atoms with Gasteiger partial charge in [0.1, 0.15) is 11.5 Å². The van der Waals surface area contributed by atoms with Crippen LogP contribution in [0.1, 0.15) is 12.8 Å². The van der Waals surface area contributed by atoms with Gasteiger partial charge >= 0.3 is 0 Å². The van der Waals surface area contributed by atoms with Gasteiger partial charge in [0.05, 0.1) is 29.8 Å². The molecule has 2 N–H and O–H groups in total. The van der Waals surface area contributed by atoms with Crippen LogP contribution >= 0.6 is 23.2 Å². The maximum absolute atomic E-state index is 6.61. The third kappa shape index (κ3) is 3.92. The van der Waals surface area contributed by atoms with Crippen LogP contribution in [0.15, 0.2) is 30.5 Å². The van der Waals surface area contributed by atoms with E-state index in [2.05, 4.69) is 15.6 Å². The number of aromatic nitrogens is 2. The summed E-state index contributed by atoms with van der Waals surface area (Å²) >= 11 is 13.2. The molecule has 29 heavy (non-hydrogen) atoms. The highest BCUT2D eigenvalue weighted by Crippen LogP contribution is 2.47. The van der Waals surface area contributed by atoms with Crippen LogP contribution < -0.4 is 20.1 Å². The number of hydrogen-bond donors (Lipinski definition) is 2. The molecule has 0 bridgehead atoms. The lowest BCUT2D eigenvalue weighted by Crippen LogP contribution is -2.35. The molecule has 0 radical (unpaired) electrons. The topological polar surface area (TPSA) is 68.3 Å². The van der Waals surface area contributed by atoms with E-state index >= 15 is 0 Å². The second-order valence-corrected chi connectivity index (χ2v) is 7.64. The summed E-state index contributed by atoms with van der Waals surface area (Å²) in [7, 11) is 3.12. The van der Waals surface area contributed by atoms with Gasteiger partial charge in [-0.25, -0.2) is 9.97 Å². The molecule has 2 aromatic carbocycles. The van der Waals surface area contributed by atoms with Gasteiger partial charge in [0.25, 0.3) is 0 Å². The van der Waals surface area contributed by atoms with E-state index in [0.717, 1.165) is 42.4 Å². The van der Waals surface area contributed by atoms with Crippen LogP contribution in [0.5, 0.6) is 11.5 Å². The lowest BCUT2D eigenvalue weighted by molar-refractivity contribution is 0.395. The molecular formula is C21H22Cl2N4O2. The first-order chi connectivity index (χ1) is 14.1. The Hall–Kier alpha value is -2.28. The van der Waals surface area contributed by atoms with Crippen molar-refractivity contribution in [3.8, 4) is 22.6 Å². The highest BCUT2D eigenvalue weighted by atomic mass is 35.5. The molecule has 1 fully saturated rings. The van der Waals surface area contributed by atoms with Crippen molar-refractivity contribution in [1.82, 2.24) is 15.3 Å². The van der Waals surface area contributed by atoms with Crippen molar-refractivity contribution in [2.45, 2.75) is 18.9 Å². The number of piperidine rings is 1. The largest absolute Gasteiger partial charge is 0.495 e. The first kappa shape index (κ1) is 20.0. The Morgan fingerprint density at radius 3 is 2.41 bits per heavy atom. The average molecular weight is 433 g/mol. The zero-order valence-corrected chi connectivity index (χ0v) is 17.8. The highest BCUT2D eigenvalue weighted by Gasteiger charge is 2.21. The van der Waals surface area contributed by atoms with Gasteiger partial charge in [0.15, 0.2) is 0 Å². The van der Waals surface area contributed by atoms with Gasteiger partial charge in [-0.3, -0.25) is 0 Å². The molecule has 1 aliphatic heterocycles. The van der Waals surface area contributed by atoms with Gasteiger partial charge in [-0.15, -0.1) is 0 Å². The van der Waals surface area contributed by atoms with Crippen LogP contribution in [0.2, 0.25) is 10.0 Å². The first-order valence-electron chi connectivity index (χ1n) is 9.45. The second kappa shape index (κ2) is 8.61. The zero-order valence-electron chi connectivity index (χ0n) is 16.3. The molecule has 0 amide bonds. The van der Waals surface area contributed by atoms with Gasteiger partial charge in [0, 0.05) is 29.3 Å². The maximum Gasteiger partial charge on any atom is 0.223 e. The second-order valence-electron chi connectivity index (χ2n) is 6.88. The number of benzene rings is 2. The molecule has 1 saturated heterocycles. The molecule has 0 spiro atoms. The summed E-state index contributed by atoms with van der Waals surface area (Å²) in [5.74, 6) is 1.61. The fraction of sp³-hybridized carbons (Fsp3) is 0.333. The molecular weight excluding hydrogens is 411 g/mol. The number of methoxy groups -OCH3 is 2. The predicted molar refractivity (Wildman–Crippen MR) is 118 cm³/mol. The molecule has 1 aromatic heterocycles. The van der Waals surface area contributed by atoms with E-state index in [4.69, 9.17) is 37.7 Å². The molecule has 152 valence electrons. The van der Waals surface area contributed by atoms with Gasteiger partial charge < -0.3 is 20.1 Å². The van der Waals surface area contributed by atoms with Crippen molar-refractivity contribution in [2.24, 2.45) is 0 Å². The van der Waals surface area contributed by atoms with E-state index in [0.29, 0.717) is 39.1 Å². The summed E-state index contributed by atoms with van der Waals surface area (Å²) in [5.41, 5.74) is 2.27. The monoisotopic (exact) mass is 432 g/mol. The standard InChI is InChI=1S/C21H22Cl2N4O2/c1-28-16-10-17(29-2)20(23)18(19(16)22)13-4-3-5-15-14(13)11-25-21(27-15)26-12-6-8-24-9-7-12/h3-5,10-12,24H,6-9H2,1-2H3,(H,25,26,27). The molecule has 2 heterocycles. The molecule has 3 aromatic rings. The Balaban J connectivity index is 1.79. The third-order valence-corrected chi connectivity index (χ3v) is 5.89. The van der Waals surface area contributed by atoms with E-state index in [9.17, 15) is 0 Å². The Morgan fingerprint density at radius 2 is 1.76 bits per heavy atom. The SMILES string of the molecule is COc1cc(OC)c(Cl)c(-c2cccc3nc(NC4CCNCC4)ncc23)c1Cl.